The molecule has 1 fully saturated rings. The van der Waals surface area contributed by atoms with Crippen molar-refractivity contribution in [2.24, 2.45) is 0 Å². The van der Waals surface area contributed by atoms with E-state index < -0.39 is 17.9 Å². The molecule has 1 saturated carbocycles. The highest BCUT2D eigenvalue weighted by Gasteiger charge is 2.40. The summed E-state index contributed by atoms with van der Waals surface area (Å²) in [6, 6.07) is 4.49. The normalized spacial score (nSPS) is 17.9. The van der Waals surface area contributed by atoms with Gasteiger partial charge in [0.05, 0.1) is 0 Å². The summed E-state index contributed by atoms with van der Waals surface area (Å²) in [6.07, 6.45) is -0.745. The van der Waals surface area contributed by atoms with Gasteiger partial charge in [0.1, 0.15) is 11.4 Å². The number of carbonyl (C=O) groups excluding carboxylic acids is 1. The Kier molecular flexibility index (Phi) is 4.68. The quantitative estimate of drug-likeness (QED) is 0.764. The molecule has 0 heterocycles. The van der Waals surface area contributed by atoms with E-state index in [2.05, 4.69) is 4.74 Å². The minimum absolute atomic E-state index is 0.248. The van der Waals surface area contributed by atoms with Crippen LogP contribution in [0.25, 0.3) is 0 Å². The Hall–Kier alpha value is -1.72. The molecule has 122 valence electrons. The third-order valence-electron chi connectivity index (χ3n) is 4.00. The molecule has 1 aliphatic rings. The number of halogens is 3. The van der Waals surface area contributed by atoms with Crippen molar-refractivity contribution >= 4 is 5.97 Å². The summed E-state index contributed by atoms with van der Waals surface area (Å²) >= 11 is 0. The Balaban J connectivity index is 2.43. The maximum Gasteiger partial charge on any atom is 0.573 e. The van der Waals surface area contributed by atoms with Crippen molar-refractivity contribution in [3.05, 3.63) is 29.3 Å². The number of ether oxygens (including phenoxy) is 2. The molecular formula is C16H19F3O3. The van der Waals surface area contributed by atoms with Gasteiger partial charge in [0.15, 0.2) is 0 Å². The molecule has 1 aliphatic carbocycles. The van der Waals surface area contributed by atoms with Crippen molar-refractivity contribution in [3.63, 3.8) is 0 Å². The van der Waals surface area contributed by atoms with E-state index in [0.29, 0.717) is 24.0 Å². The molecule has 0 bridgehead atoms. The first kappa shape index (κ1) is 16.6. The van der Waals surface area contributed by atoms with E-state index in [1.165, 1.54) is 19.1 Å². The van der Waals surface area contributed by atoms with Gasteiger partial charge in [-0.25, -0.2) is 0 Å². The Morgan fingerprint density at radius 2 is 1.82 bits per heavy atom. The highest BCUT2D eigenvalue weighted by Crippen LogP contribution is 2.44. The molecule has 0 amide bonds. The van der Waals surface area contributed by atoms with Crippen LogP contribution >= 0.6 is 0 Å². The van der Waals surface area contributed by atoms with E-state index in [1.807, 2.05) is 0 Å². The van der Waals surface area contributed by atoms with Crippen molar-refractivity contribution in [1.29, 1.82) is 0 Å². The van der Waals surface area contributed by atoms with Crippen LogP contribution in [0, 0.1) is 6.92 Å². The number of hydrogen-bond donors (Lipinski definition) is 0. The summed E-state index contributed by atoms with van der Waals surface area (Å²) in [4.78, 5) is 11.5. The van der Waals surface area contributed by atoms with E-state index in [0.717, 1.165) is 19.3 Å². The van der Waals surface area contributed by atoms with Crippen molar-refractivity contribution in [1.82, 2.24) is 0 Å². The molecule has 1 aromatic rings. The topological polar surface area (TPSA) is 35.5 Å². The lowest BCUT2D eigenvalue weighted by Crippen LogP contribution is -2.35. The molecule has 0 unspecified atom stereocenters. The van der Waals surface area contributed by atoms with E-state index in [4.69, 9.17) is 4.74 Å². The summed E-state index contributed by atoms with van der Waals surface area (Å²) in [5.41, 5.74) is 0.117. The standard InChI is InChI=1S/C16H19F3O3/c1-11-13(7-6-8-14(11)22-16(17,18)19)15(21-12(2)20)9-4-3-5-10-15/h6-8H,3-5,9-10H2,1-2H3. The minimum Gasteiger partial charge on any atom is -0.454 e. The van der Waals surface area contributed by atoms with E-state index in [9.17, 15) is 18.0 Å². The third-order valence-corrected chi connectivity index (χ3v) is 4.00. The van der Waals surface area contributed by atoms with E-state index in [-0.39, 0.29) is 5.75 Å². The molecule has 0 atom stereocenters. The zero-order valence-corrected chi connectivity index (χ0v) is 12.6. The lowest BCUT2D eigenvalue weighted by molar-refractivity contribution is -0.275. The first-order valence-electron chi connectivity index (χ1n) is 7.29. The predicted molar refractivity (Wildman–Crippen MR) is 74.4 cm³/mol. The summed E-state index contributed by atoms with van der Waals surface area (Å²) in [7, 11) is 0. The van der Waals surface area contributed by atoms with Gasteiger partial charge in [0.2, 0.25) is 0 Å². The van der Waals surface area contributed by atoms with Crippen molar-refractivity contribution in [2.75, 3.05) is 0 Å². The van der Waals surface area contributed by atoms with Crippen LogP contribution in [0.15, 0.2) is 18.2 Å². The fourth-order valence-electron chi connectivity index (χ4n) is 3.17. The van der Waals surface area contributed by atoms with Crippen LogP contribution in [-0.4, -0.2) is 12.3 Å². The van der Waals surface area contributed by atoms with Gasteiger partial charge in [0.25, 0.3) is 0 Å². The third kappa shape index (κ3) is 3.72. The highest BCUT2D eigenvalue weighted by molar-refractivity contribution is 5.67. The zero-order valence-electron chi connectivity index (χ0n) is 12.6. The summed E-state index contributed by atoms with van der Waals surface area (Å²) in [6.45, 7) is 2.89. The smallest absolute Gasteiger partial charge is 0.454 e. The first-order chi connectivity index (χ1) is 10.2. The molecule has 0 saturated heterocycles. The lowest BCUT2D eigenvalue weighted by Gasteiger charge is -2.38. The van der Waals surface area contributed by atoms with Crippen molar-refractivity contribution in [2.45, 2.75) is 57.9 Å². The Labute approximate surface area is 127 Å². The summed E-state index contributed by atoms with van der Waals surface area (Å²) < 4.78 is 47.1. The second kappa shape index (κ2) is 6.18. The second-order valence-corrected chi connectivity index (χ2v) is 5.63. The molecule has 6 heteroatoms. The number of carbonyl (C=O) groups is 1. The minimum atomic E-state index is -4.75. The lowest BCUT2D eigenvalue weighted by atomic mass is 9.77. The molecule has 0 radical (unpaired) electrons. The molecule has 0 N–H and O–H groups in total. The molecule has 2 rings (SSSR count). The maximum atomic E-state index is 12.5. The number of esters is 1. The number of hydrogen-bond acceptors (Lipinski definition) is 3. The molecule has 0 aromatic heterocycles. The molecule has 22 heavy (non-hydrogen) atoms. The van der Waals surface area contributed by atoms with Gasteiger partial charge in [-0.15, -0.1) is 13.2 Å². The monoisotopic (exact) mass is 316 g/mol. The van der Waals surface area contributed by atoms with Gasteiger partial charge in [-0.1, -0.05) is 18.6 Å². The average molecular weight is 316 g/mol. The average Bonchev–Trinajstić information content (AvgIpc) is 2.40. The largest absolute Gasteiger partial charge is 0.573 e. The molecule has 0 spiro atoms. The van der Waals surface area contributed by atoms with Gasteiger partial charge in [-0.2, -0.15) is 0 Å². The fourth-order valence-corrected chi connectivity index (χ4v) is 3.17. The van der Waals surface area contributed by atoms with Crippen molar-refractivity contribution < 1.29 is 27.4 Å². The van der Waals surface area contributed by atoms with Crippen LogP contribution in [-0.2, 0) is 15.1 Å². The number of benzene rings is 1. The molecule has 1 aromatic carbocycles. The molecule has 0 aliphatic heterocycles. The van der Waals surface area contributed by atoms with Gasteiger partial charge in [0, 0.05) is 12.5 Å². The van der Waals surface area contributed by atoms with Crippen LogP contribution in [0.1, 0.15) is 50.2 Å². The second-order valence-electron chi connectivity index (χ2n) is 5.63. The van der Waals surface area contributed by atoms with Crippen LogP contribution < -0.4 is 4.74 Å². The first-order valence-corrected chi connectivity index (χ1v) is 7.29. The summed E-state index contributed by atoms with van der Waals surface area (Å²) in [5, 5.41) is 0. The fraction of sp³-hybridized carbons (Fsp3) is 0.562. The van der Waals surface area contributed by atoms with E-state index >= 15 is 0 Å². The maximum absolute atomic E-state index is 12.5. The van der Waals surface area contributed by atoms with Crippen LogP contribution in [0.3, 0.4) is 0 Å². The van der Waals surface area contributed by atoms with Gasteiger partial charge in [-0.05, 0) is 44.2 Å². The Morgan fingerprint density at radius 1 is 1.18 bits per heavy atom. The highest BCUT2D eigenvalue weighted by atomic mass is 19.4. The van der Waals surface area contributed by atoms with Crippen LogP contribution in [0.5, 0.6) is 5.75 Å². The zero-order chi connectivity index (χ0) is 16.4. The Morgan fingerprint density at radius 3 is 2.36 bits per heavy atom. The van der Waals surface area contributed by atoms with Gasteiger partial charge < -0.3 is 9.47 Å². The van der Waals surface area contributed by atoms with Crippen LogP contribution in [0.4, 0.5) is 13.2 Å². The van der Waals surface area contributed by atoms with Crippen LogP contribution in [0.2, 0.25) is 0 Å². The van der Waals surface area contributed by atoms with Gasteiger partial charge in [-0.3, -0.25) is 4.79 Å². The predicted octanol–water partition coefficient (Wildman–Crippen LogP) is 4.62. The number of rotatable bonds is 3. The SMILES string of the molecule is CC(=O)OC1(c2cccc(OC(F)(F)F)c2C)CCCCC1. The van der Waals surface area contributed by atoms with Crippen molar-refractivity contribution in [3.8, 4) is 5.75 Å². The number of alkyl halides is 3. The van der Waals surface area contributed by atoms with Gasteiger partial charge >= 0.3 is 12.3 Å². The molecular weight excluding hydrogens is 297 g/mol. The Bertz CT molecular complexity index is 546. The summed E-state index contributed by atoms with van der Waals surface area (Å²) in [5.74, 6) is -0.675. The molecule has 3 nitrogen and oxygen atoms in total. The van der Waals surface area contributed by atoms with E-state index in [1.54, 1.807) is 13.0 Å².